The van der Waals surface area contributed by atoms with Gasteiger partial charge in [-0.25, -0.2) is 0 Å². The van der Waals surface area contributed by atoms with Crippen LogP contribution >= 0.6 is 11.8 Å². The quantitative estimate of drug-likeness (QED) is 0.469. The fourth-order valence-corrected chi connectivity index (χ4v) is 1.40. The largest absolute Gasteiger partial charge is 0.549 e. The van der Waals surface area contributed by atoms with Gasteiger partial charge in [-0.1, -0.05) is 0 Å². The van der Waals surface area contributed by atoms with Gasteiger partial charge in [-0.3, -0.25) is 4.79 Å². The van der Waals surface area contributed by atoms with Crippen molar-refractivity contribution < 1.29 is 19.8 Å². The molecular formula is C6H14N2O4S. The number of carbonyl (C=O) groups excluding carboxylic acids is 2. The zero-order valence-corrected chi connectivity index (χ0v) is 8.17. The maximum Gasteiger partial charge on any atom is 0.218 e. The molecule has 78 valence electrons. The van der Waals surface area contributed by atoms with E-state index in [-0.39, 0.29) is 24.9 Å². The van der Waals surface area contributed by atoms with Crippen molar-refractivity contribution in [2.75, 3.05) is 12.4 Å². The first-order valence-corrected chi connectivity index (χ1v) is 4.34. The predicted octanol–water partition coefficient (Wildman–Crippen LogP) is -1.92. The summed E-state index contributed by atoms with van der Waals surface area (Å²) in [7, 11) is 0. The van der Waals surface area contributed by atoms with Crippen molar-refractivity contribution in [2.24, 2.45) is 5.73 Å². The summed E-state index contributed by atoms with van der Waals surface area (Å²) >= 11 is 0.945. The van der Waals surface area contributed by atoms with Crippen LogP contribution in [0, 0.1) is 0 Å². The van der Waals surface area contributed by atoms with Crippen LogP contribution in [0.1, 0.15) is 6.42 Å². The lowest BCUT2D eigenvalue weighted by Crippen LogP contribution is -2.36. The monoisotopic (exact) mass is 210 g/mol. The second-order valence-electron chi connectivity index (χ2n) is 2.07. The highest BCUT2D eigenvalue weighted by molar-refractivity contribution is 8.00. The summed E-state index contributed by atoms with van der Waals surface area (Å²) in [4.78, 5) is 20.7. The number of hydrogen-bond donors (Lipinski definition) is 3. The molecular weight excluding hydrogens is 196 g/mol. The Hall–Kier alpha value is -0.790. The van der Waals surface area contributed by atoms with Gasteiger partial charge in [0.15, 0.2) is 0 Å². The number of aliphatic hydroxyl groups is 1. The Balaban J connectivity index is 0. The highest BCUT2D eigenvalue weighted by atomic mass is 32.2. The number of quaternary nitrogens is 1. The molecule has 0 fully saturated rings. The number of aliphatic carboxylic acids is 1. The fraction of sp³-hybridized carbons (Fsp3) is 0.667. The Labute approximate surface area is 80.1 Å². The van der Waals surface area contributed by atoms with E-state index in [0.717, 1.165) is 11.8 Å². The predicted molar refractivity (Wildman–Crippen MR) is 48.1 cm³/mol. The maximum absolute atomic E-state index is 10.3. The number of carbonyl (C=O) groups is 2. The molecule has 6 nitrogen and oxygen atoms in total. The first-order valence-electron chi connectivity index (χ1n) is 3.29. The van der Waals surface area contributed by atoms with Crippen molar-refractivity contribution in [3.8, 4) is 0 Å². The molecule has 13 heavy (non-hydrogen) atoms. The van der Waals surface area contributed by atoms with Gasteiger partial charge in [-0.15, -0.1) is 11.8 Å². The van der Waals surface area contributed by atoms with Crippen molar-refractivity contribution in [3.05, 3.63) is 0 Å². The van der Waals surface area contributed by atoms with Gasteiger partial charge in [0.1, 0.15) is 0 Å². The van der Waals surface area contributed by atoms with Gasteiger partial charge in [-0.2, -0.15) is 0 Å². The van der Waals surface area contributed by atoms with Gasteiger partial charge >= 0.3 is 0 Å². The molecule has 1 unspecified atom stereocenters. The third-order valence-electron chi connectivity index (χ3n) is 1.06. The molecule has 0 aromatic rings. The molecule has 0 spiro atoms. The second-order valence-corrected chi connectivity index (χ2v) is 3.38. The smallest absolute Gasteiger partial charge is 0.218 e. The van der Waals surface area contributed by atoms with Gasteiger partial charge in [0.25, 0.3) is 0 Å². The van der Waals surface area contributed by atoms with Crippen LogP contribution in [-0.4, -0.2) is 34.6 Å². The van der Waals surface area contributed by atoms with Crippen LogP contribution in [0.2, 0.25) is 0 Å². The number of amides is 1. The molecule has 0 aliphatic rings. The number of thioether (sulfide) groups is 1. The van der Waals surface area contributed by atoms with Crippen molar-refractivity contribution in [1.29, 1.82) is 0 Å². The number of nitrogens with two attached hydrogens (primary N) is 1. The number of carboxylic acids is 1. The Morgan fingerprint density at radius 2 is 2.08 bits per heavy atom. The average Bonchev–Trinajstić information content (AvgIpc) is 1.96. The van der Waals surface area contributed by atoms with E-state index in [9.17, 15) is 14.7 Å². The molecule has 0 radical (unpaired) electrons. The molecule has 0 bridgehead atoms. The molecule has 7 N–H and O–H groups in total. The molecule has 0 saturated heterocycles. The number of aliphatic hydroxyl groups excluding tert-OH is 1. The van der Waals surface area contributed by atoms with Crippen LogP contribution < -0.4 is 17.0 Å². The molecule has 1 amide bonds. The number of primary amides is 1. The van der Waals surface area contributed by atoms with Crippen LogP contribution in [0.4, 0.5) is 0 Å². The third-order valence-corrected chi connectivity index (χ3v) is 2.24. The lowest BCUT2D eigenvalue weighted by Gasteiger charge is -2.14. The van der Waals surface area contributed by atoms with Crippen LogP contribution in [-0.2, 0) is 9.59 Å². The Morgan fingerprint density at radius 1 is 1.54 bits per heavy atom. The number of rotatable bonds is 6. The van der Waals surface area contributed by atoms with Crippen molar-refractivity contribution >= 4 is 23.6 Å². The molecule has 1 atom stereocenters. The molecule has 0 aromatic carbocycles. The number of carboxylic acid groups (broad SMARTS) is 1. The van der Waals surface area contributed by atoms with E-state index in [1.807, 2.05) is 0 Å². The minimum atomic E-state index is -1.33. The first-order chi connectivity index (χ1) is 5.57. The van der Waals surface area contributed by atoms with Gasteiger partial charge in [0.2, 0.25) is 5.91 Å². The first kappa shape index (κ1) is 14.7. The third kappa shape index (κ3) is 7.57. The van der Waals surface area contributed by atoms with E-state index in [1.165, 1.54) is 0 Å². The van der Waals surface area contributed by atoms with Gasteiger partial charge < -0.3 is 26.9 Å². The normalized spacial score (nSPS) is 11.5. The lowest BCUT2D eigenvalue weighted by atomic mass is 10.3. The lowest BCUT2D eigenvalue weighted by molar-refractivity contribution is -0.304. The van der Waals surface area contributed by atoms with Gasteiger partial charge in [0.05, 0.1) is 17.8 Å². The van der Waals surface area contributed by atoms with Crippen LogP contribution in [0.25, 0.3) is 0 Å². The summed E-state index contributed by atoms with van der Waals surface area (Å²) in [6, 6.07) is 0. The second kappa shape index (κ2) is 7.84. The van der Waals surface area contributed by atoms with Gasteiger partial charge in [0, 0.05) is 12.2 Å². The molecule has 0 rings (SSSR count). The molecule has 0 heterocycles. The van der Waals surface area contributed by atoms with Crippen molar-refractivity contribution in [3.63, 3.8) is 0 Å². The minimum Gasteiger partial charge on any atom is -0.549 e. The van der Waals surface area contributed by atoms with E-state index >= 15 is 0 Å². The summed E-state index contributed by atoms with van der Waals surface area (Å²) in [5, 5.41) is 17.8. The molecule has 0 aliphatic carbocycles. The topological polar surface area (TPSA) is 140 Å². The van der Waals surface area contributed by atoms with E-state index in [1.54, 1.807) is 0 Å². The van der Waals surface area contributed by atoms with E-state index < -0.39 is 17.1 Å². The van der Waals surface area contributed by atoms with Crippen molar-refractivity contribution in [1.82, 2.24) is 6.15 Å². The molecule has 7 heteroatoms. The summed E-state index contributed by atoms with van der Waals surface area (Å²) in [6.07, 6.45) is -0.257. The summed E-state index contributed by atoms with van der Waals surface area (Å²) in [5.41, 5.74) is 4.80. The van der Waals surface area contributed by atoms with Crippen LogP contribution in [0.15, 0.2) is 0 Å². The zero-order valence-electron chi connectivity index (χ0n) is 7.36. The standard InChI is InChI=1S/C6H11NO4S.H3N/c7-5(9)3-4(6(10)11)12-2-1-8;/h4,8H,1-3H2,(H2,7,9)(H,10,11);1H3. The highest BCUT2D eigenvalue weighted by Gasteiger charge is 2.12. The summed E-state index contributed by atoms with van der Waals surface area (Å²) in [6.45, 7) is -0.132. The Bertz CT molecular complexity index is 176. The van der Waals surface area contributed by atoms with E-state index in [4.69, 9.17) is 10.8 Å². The zero-order chi connectivity index (χ0) is 9.56. The molecule has 0 saturated carbocycles. The summed E-state index contributed by atoms with van der Waals surface area (Å²) in [5.74, 6) is -1.76. The van der Waals surface area contributed by atoms with E-state index in [2.05, 4.69) is 0 Å². The highest BCUT2D eigenvalue weighted by Crippen LogP contribution is 2.12. The molecule has 0 aliphatic heterocycles. The van der Waals surface area contributed by atoms with Crippen LogP contribution in [0.5, 0.6) is 0 Å². The van der Waals surface area contributed by atoms with E-state index in [0.29, 0.717) is 0 Å². The SMILES string of the molecule is NC(=O)CC(SCCO)C(=O)[O-].[NH4+]. The minimum absolute atomic E-state index is 0. The average molecular weight is 210 g/mol. The summed E-state index contributed by atoms with van der Waals surface area (Å²) < 4.78 is 0. The Kier molecular flexibility index (Phi) is 8.87. The maximum atomic E-state index is 10.3. The Morgan fingerprint density at radius 3 is 2.38 bits per heavy atom. The van der Waals surface area contributed by atoms with Crippen molar-refractivity contribution in [2.45, 2.75) is 11.7 Å². The fourth-order valence-electron chi connectivity index (χ4n) is 0.588. The molecule has 0 aromatic heterocycles. The number of hydrogen-bond acceptors (Lipinski definition) is 5. The van der Waals surface area contributed by atoms with Gasteiger partial charge in [-0.05, 0) is 0 Å². The van der Waals surface area contributed by atoms with Crippen LogP contribution in [0.3, 0.4) is 0 Å².